The Morgan fingerprint density at radius 3 is 2.70 bits per heavy atom. The lowest BCUT2D eigenvalue weighted by Crippen LogP contribution is -2.02. The summed E-state index contributed by atoms with van der Waals surface area (Å²) in [5.41, 5.74) is 12.1. The van der Waals surface area contributed by atoms with Gasteiger partial charge in [0.05, 0.1) is 16.4 Å². The molecule has 0 amide bonds. The minimum Gasteiger partial charge on any atom is -0.325 e. The van der Waals surface area contributed by atoms with Gasteiger partial charge in [0.15, 0.2) is 5.65 Å². The van der Waals surface area contributed by atoms with E-state index in [0.29, 0.717) is 11.6 Å². The number of hydrogen-bond donors (Lipinski definition) is 1. The van der Waals surface area contributed by atoms with Gasteiger partial charge in [0, 0.05) is 18.3 Å². The number of imidazole rings is 1. The molecule has 0 aliphatic carbocycles. The van der Waals surface area contributed by atoms with Crippen molar-refractivity contribution in [2.24, 2.45) is 5.73 Å². The van der Waals surface area contributed by atoms with Crippen LogP contribution in [0, 0.1) is 13.8 Å². The lowest BCUT2D eigenvalue weighted by atomic mass is 10.0. The summed E-state index contributed by atoms with van der Waals surface area (Å²) in [5.74, 6) is 0. The quantitative estimate of drug-likeness (QED) is 0.779. The fraction of sp³-hybridized carbons (Fsp3) is 0.188. The largest absolute Gasteiger partial charge is 0.325 e. The van der Waals surface area contributed by atoms with Crippen molar-refractivity contribution in [1.82, 2.24) is 9.38 Å². The van der Waals surface area contributed by atoms with Gasteiger partial charge in [-0.2, -0.15) is 0 Å². The summed E-state index contributed by atoms with van der Waals surface area (Å²) < 4.78 is 1.97. The maximum absolute atomic E-state index is 6.22. The third-order valence-corrected chi connectivity index (χ3v) is 3.97. The Hall–Kier alpha value is -1.84. The molecule has 1 aromatic carbocycles. The summed E-state index contributed by atoms with van der Waals surface area (Å²) in [4.78, 5) is 4.68. The molecule has 0 atom stereocenters. The third kappa shape index (κ3) is 1.99. The topological polar surface area (TPSA) is 43.3 Å². The Morgan fingerprint density at radius 2 is 2.00 bits per heavy atom. The van der Waals surface area contributed by atoms with Gasteiger partial charge in [-0.15, -0.1) is 0 Å². The molecule has 3 rings (SSSR count). The molecular formula is C16H16ClN3. The summed E-state index contributed by atoms with van der Waals surface area (Å²) >= 11 is 6.22. The van der Waals surface area contributed by atoms with Crippen LogP contribution in [0.25, 0.3) is 16.9 Å². The molecule has 0 saturated heterocycles. The first kappa shape index (κ1) is 13.2. The summed E-state index contributed by atoms with van der Waals surface area (Å²) in [6, 6.07) is 10.1. The molecule has 3 aromatic rings. The molecule has 0 bridgehead atoms. The SMILES string of the molecule is Cc1ccc(-c2nc3c(Cl)cccn3c2CN)cc1C. The number of fused-ring (bicyclic) bond motifs is 1. The molecule has 0 aliphatic rings. The van der Waals surface area contributed by atoms with Gasteiger partial charge in [0.1, 0.15) is 0 Å². The number of aromatic nitrogens is 2. The summed E-state index contributed by atoms with van der Waals surface area (Å²) in [6.45, 7) is 4.62. The van der Waals surface area contributed by atoms with Crippen LogP contribution in [0.2, 0.25) is 5.02 Å². The molecule has 0 unspecified atom stereocenters. The Balaban J connectivity index is 2.30. The van der Waals surface area contributed by atoms with Gasteiger partial charge in [-0.25, -0.2) is 4.98 Å². The maximum Gasteiger partial charge on any atom is 0.156 e. The number of pyridine rings is 1. The van der Waals surface area contributed by atoms with E-state index < -0.39 is 0 Å². The second-order valence-electron chi connectivity index (χ2n) is 4.96. The average molecular weight is 286 g/mol. The Morgan fingerprint density at radius 1 is 1.20 bits per heavy atom. The molecule has 0 fully saturated rings. The lowest BCUT2D eigenvalue weighted by molar-refractivity contribution is 0.962. The van der Waals surface area contributed by atoms with Gasteiger partial charge >= 0.3 is 0 Å². The zero-order chi connectivity index (χ0) is 14.3. The highest BCUT2D eigenvalue weighted by molar-refractivity contribution is 6.33. The van der Waals surface area contributed by atoms with E-state index in [1.165, 1.54) is 11.1 Å². The van der Waals surface area contributed by atoms with Gasteiger partial charge in [-0.1, -0.05) is 23.7 Å². The summed E-state index contributed by atoms with van der Waals surface area (Å²) in [5, 5.41) is 0.636. The first-order valence-electron chi connectivity index (χ1n) is 6.55. The predicted octanol–water partition coefficient (Wildman–Crippen LogP) is 3.73. The standard InChI is InChI=1S/C16H16ClN3/c1-10-5-6-12(8-11(10)2)15-14(9-18)20-7-3-4-13(17)16(20)19-15/h3-8H,9,18H2,1-2H3. The first-order valence-corrected chi connectivity index (χ1v) is 6.92. The van der Waals surface area contributed by atoms with Crippen molar-refractivity contribution in [2.75, 3.05) is 0 Å². The fourth-order valence-electron chi connectivity index (χ4n) is 2.40. The first-order chi connectivity index (χ1) is 9.61. The maximum atomic E-state index is 6.22. The van der Waals surface area contributed by atoms with Crippen LogP contribution in [0.15, 0.2) is 36.5 Å². The molecule has 102 valence electrons. The van der Waals surface area contributed by atoms with Crippen LogP contribution in [0.3, 0.4) is 0 Å². The fourth-order valence-corrected chi connectivity index (χ4v) is 2.60. The molecule has 2 N–H and O–H groups in total. The highest BCUT2D eigenvalue weighted by Gasteiger charge is 2.14. The molecule has 4 heteroatoms. The van der Waals surface area contributed by atoms with E-state index in [1.807, 2.05) is 22.7 Å². The van der Waals surface area contributed by atoms with Crippen molar-refractivity contribution in [2.45, 2.75) is 20.4 Å². The zero-order valence-corrected chi connectivity index (χ0v) is 12.3. The average Bonchev–Trinajstić information content (AvgIpc) is 2.82. The molecule has 2 aromatic heterocycles. The number of rotatable bonds is 2. The van der Waals surface area contributed by atoms with E-state index in [-0.39, 0.29) is 0 Å². The normalized spacial score (nSPS) is 11.2. The van der Waals surface area contributed by atoms with Gasteiger partial charge in [-0.3, -0.25) is 0 Å². The van der Waals surface area contributed by atoms with Crippen LogP contribution in [-0.2, 0) is 6.54 Å². The van der Waals surface area contributed by atoms with Gasteiger partial charge in [0.2, 0.25) is 0 Å². The van der Waals surface area contributed by atoms with Crippen LogP contribution in [0.1, 0.15) is 16.8 Å². The van der Waals surface area contributed by atoms with Gasteiger partial charge < -0.3 is 10.1 Å². The smallest absolute Gasteiger partial charge is 0.156 e. The van der Waals surface area contributed by atoms with Crippen molar-refractivity contribution >= 4 is 17.2 Å². The van der Waals surface area contributed by atoms with Crippen LogP contribution in [0.4, 0.5) is 0 Å². The molecule has 20 heavy (non-hydrogen) atoms. The minimum atomic E-state index is 0.420. The van der Waals surface area contributed by atoms with Crippen molar-refractivity contribution < 1.29 is 0 Å². The van der Waals surface area contributed by atoms with Crippen LogP contribution >= 0.6 is 11.6 Å². The van der Waals surface area contributed by atoms with Crippen LogP contribution in [0.5, 0.6) is 0 Å². The highest BCUT2D eigenvalue weighted by Crippen LogP contribution is 2.28. The van der Waals surface area contributed by atoms with Gasteiger partial charge in [0.25, 0.3) is 0 Å². The van der Waals surface area contributed by atoms with Crippen molar-refractivity contribution in [3.8, 4) is 11.3 Å². The second-order valence-corrected chi connectivity index (χ2v) is 5.37. The monoisotopic (exact) mass is 285 g/mol. The van der Waals surface area contributed by atoms with E-state index >= 15 is 0 Å². The van der Waals surface area contributed by atoms with Crippen LogP contribution < -0.4 is 5.73 Å². The number of halogens is 1. The molecule has 0 spiro atoms. The van der Waals surface area contributed by atoms with Crippen LogP contribution in [-0.4, -0.2) is 9.38 Å². The number of nitrogens with two attached hydrogens (primary N) is 1. The number of aryl methyl sites for hydroxylation is 2. The molecule has 2 heterocycles. The molecular weight excluding hydrogens is 270 g/mol. The van der Waals surface area contributed by atoms with E-state index in [1.54, 1.807) is 0 Å². The van der Waals surface area contributed by atoms with Gasteiger partial charge in [-0.05, 0) is 43.2 Å². The molecule has 0 radical (unpaired) electrons. The summed E-state index contributed by atoms with van der Waals surface area (Å²) in [6.07, 6.45) is 1.95. The minimum absolute atomic E-state index is 0.420. The highest BCUT2D eigenvalue weighted by atomic mass is 35.5. The van der Waals surface area contributed by atoms with Crippen molar-refractivity contribution in [3.05, 3.63) is 58.4 Å². The van der Waals surface area contributed by atoms with E-state index in [4.69, 9.17) is 17.3 Å². The van der Waals surface area contributed by atoms with Crippen molar-refractivity contribution in [3.63, 3.8) is 0 Å². The third-order valence-electron chi connectivity index (χ3n) is 3.68. The number of nitrogens with zero attached hydrogens (tertiary/aromatic N) is 2. The van der Waals surface area contributed by atoms with E-state index in [0.717, 1.165) is 22.6 Å². The Bertz CT molecular complexity index is 790. The van der Waals surface area contributed by atoms with E-state index in [2.05, 4.69) is 37.0 Å². The van der Waals surface area contributed by atoms with E-state index in [9.17, 15) is 0 Å². The predicted molar refractivity (Wildman–Crippen MR) is 83.0 cm³/mol. The van der Waals surface area contributed by atoms with Crippen molar-refractivity contribution in [1.29, 1.82) is 0 Å². The summed E-state index contributed by atoms with van der Waals surface area (Å²) in [7, 11) is 0. The number of hydrogen-bond acceptors (Lipinski definition) is 2. The zero-order valence-electron chi connectivity index (χ0n) is 11.5. The Labute approximate surface area is 123 Å². The molecule has 0 aliphatic heterocycles. The molecule has 3 nitrogen and oxygen atoms in total. The Kier molecular flexibility index (Phi) is 3.24. The lowest BCUT2D eigenvalue weighted by Gasteiger charge is -2.05. The molecule has 0 saturated carbocycles. The second kappa shape index (κ2) is 4.93. The number of benzene rings is 1.